The van der Waals surface area contributed by atoms with Crippen LogP contribution in [-0.4, -0.2) is 17.6 Å². The number of benzene rings is 2. The molecule has 2 aromatic rings. The summed E-state index contributed by atoms with van der Waals surface area (Å²) in [4.78, 5) is 26.3. The molecule has 5 heteroatoms. The van der Waals surface area contributed by atoms with Gasteiger partial charge in [-0.2, -0.15) is 0 Å². The minimum atomic E-state index is -0.0724. The normalized spacial score (nSPS) is 16.8. The van der Waals surface area contributed by atoms with E-state index in [0.717, 1.165) is 35.3 Å². The lowest BCUT2D eigenvalue weighted by Crippen LogP contribution is -2.27. The van der Waals surface area contributed by atoms with Gasteiger partial charge in [-0.3, -0.25) is 14.5 Å². The molecule has 2 amide bonds. The van der Waals surface area contributed by atoms with E-state index < -0.39 is 0 Å². The van der Waals surface area contributed by atoms with Crippen LogP contribution in [0.3, 0.4) is 0 Å². The first-order chi connectivity index (χ1) is 12.6. The zero-order valence-corrected chi connectivity index (χ0v) is 16.0. The highest BCUT2D eigenvalue weighted by Crippen LogP contribution is 2.42. The summed E-state index contributed by atoms with van der Waals surface area (Å²) in [5.41, 5.74) is 3.86. The van der Waals surface area contributed by atoms with Crippen LogP contribution in [0.25, 0.3) is 0 Å². The number of amides is 2. The van der Waals surface area contributed by atoms with Crippen molar-refractivity contribution in [2.75, 3.05) is 16.0 Å². The van der Waals surface area contributed by atoms with Gasteiger partial charge in [0.05, 0.1) is 5.75 Å². The van der Waals surface area contributed by atoms with E-state index in [2.05, 4.69) is 12.2 Å². The number of unbranched alkanes of at least 4 members (excludes halogenated alkanes) is 1. The van der Waals surface area contributed by atoms with Gasteiger partial charge in [0.1, 0.15) is 5.37 Å². The van der Waals surface area contributed by atoms with Gasteiger partial charge in [0.25, 0.3) is 0 Å². The topological polar surface area (TPSA) is 49.4 Å². The van der Waals surface area contributed by atoms with E-state index in [1.807, 2.05) is 60.4 Å². The number of hydrogen-bond donors (Lipinski definition) is 1. The van der Waals surface area contributed by atoms with Crippen molar-refractivity contribution in [3.05, 3.63) is 59.7 Å². The second-order valence-electron chi connectivity index (χ2n) is 6.54. The molecule has 1 atom stereocenters. The number of nitrogens with zero attached hydrogens (tertiary/aromatic N) is 1. The molecule has 1 aliphatic rings. The van der Waals surface area contributed by atoms with Gasteiger partial charge in [-0.05, 0) is 48.7 Å². The van der Waals surface area contributed by atoms with E-state index in [-0.39, 0.29) is 17.2 Å². The van der Waals surface area contributed by atoms with Crippen LogP contribution in [0.15, 0.2) is 48.5 Å². The molecule has 0 bridgehead atoms. The summed E-state index contributed by atoms with van der Waals surface area (Å²) in [5, 5.41) is 2.89. The lowest BCUT2D eigenvalue weighted by molar-refractivity contribution is -0.116. The molecule has 4 nitrogen and oxygen atoms in total. The molecule has 2 aromatic carbocycles. The van der Waals surface area contributed by atoms with Crippen LogP contribution in [0.1, 0.15) is 42.7 Å². The summed E-state index contributed by atoms with van der Waals surface area (Å²) >= 11 is 1.62. The Labute approximate surface area is 159 Å². The maximum atomic E-state index is 12.5. The Kier molecular flexibility index (Phi) is 5.99. The number of aryl methyl sites for hydroxylation is 1. The van der Waals surface area contributed by atoms with Crippen molar-refractivity contribution in [2.45, 2.75) is 38.5 Å². The Hall–Kier alpha value is -2.27. The Morgan fingerprint density at radius 2 is 2.04 bits per heavy atom. The fraction of sp³-hybridized carbons (Fsp3) is 0.333. The third-order valence-electron chi connectivity index (χ3n) is 4.36. The van der Waals surface area contributed by atoms with E-state index >= 15 is 0 Å². The molecule has 1 N–H and O–H groups in total. The molecule has 0 aliphatic carbocycles. The number of hydrogen-bond acceptors (Lipinski definition) is 3. The van der Waals surface area contributed by atoms with Gasteiger partial charge in [-0.15, -0.1) is 11.8 Å². The summed E-state index contributed by atoms with van der Waals surface area (Å²) in [7, 11) is 0. The SMILES string of the molecule is CCCCC(=O)Nc1cccc([C@@H]2SCC(=O)N2c2cccc(C)c2)c1. The Bertz CT molecular complexity index is 806. The summed E-state index contributed by atoms with van der Waals surface area (Å²) in [6.07, 6.45) is 2.42. The summed E-state index contributed by atoms with van der Waals surface area (Å²) in [6.45, 7) is 4.10. The lowest BCUT2D eigenvalue weighted by atomic mass is 10.1. The van der Waals surface area contributed by atoms with E-state index in [9.17, 15) is 9.59 Å². The Morgan fingerprint density at radius 1 is 1.23 bits per heavy atom. The number of thioether (sulfide) groups is 1. The van der Waals surface area contributed by atoms with E-state index in [1.54, 1.807) is 11.8 Å². The van der Waals surface area contributed by atoms with Gasteiger partial charge >= 0.3 is 0 Å². The van der Waals surface area contributed by atoms with Crippen LogP contribution in [0, 0.1) is 6.92 Å². The lowest BCUT2D eigenvalue weighted by Gasteiger charge is -2.25. The second kappa shape index (κ2) is 8.41. The minimum Gasteiger partial charge on any atom is -0.326 e. The molecule has 1 heterocycles. The van der Waals surface area contributed by atoms with E-state index in [1.165, 1.54) is 0 Å². The molecule has 0 saturated carbocycles. The largest absolute Gasteiger partial charge is 0.326 e. The molecule has 0 unspecified atom stereocenters. The fourth-order valence-corrected chi connectivity index (χ4v) is 4.23. The molecule has 0 aromatic heterocycles. The van der Waals surface area contributed by atoms with Gasteiger partial charge in [-0.1, -0.05) is 37.6 Å². The van der Waals surface area contributed by atoms with Crippen LogP contribution in [0.2, 0.25) is 0 Å². The van der Waals surface area contributed by atoms with E-state index in [0.29, 0.717) is 12.2 Å². The zero-order valence-electron chi connectivity index (χ0n) is 15.2. The van der Waals surface area contributed by atoms with Gasteiger partial charge < -0.3 is 5.32 Å². The molecule has 136 valence electrons. The predicted octanol–water partition coefficient (Wildman–Crippen LogP) is 4.90. The van der Waals surface area contributed by atoms with Crippen molar-refractivity contribution in [1.82, 2.24) is 0 Å². The smallest absolute Gasteiger partial charge is 0.238 e. The highest BCUT2D eigenvalue weighted by atomic mass is 32.2. The van der Waals surface area contributed by atoms with Gasteiger partial charge in [-0.25, -0.2) is 0 Å². The molecular formula is C21H24N2O2S. The maximum Gasteiger partial charge on any atom is 0.238 e. The average molecular weight is 369 g/mol. The maximum absolute atomic E-state index is 12.5. The molecular weight excluding hydrogens is 344 g/mol. The number of carbonyl (C=O) groups excluding carboxylic acids is 2. The van der Waals surface area contributed by atoms with Crippen molar-refractivity contribution in [2.24, 2.45) is 0 Å². The molecule has 0 spiro atoms. The number of carbonyl (C=O) groups is 2. The van der Waals surface area contributed by atoms with E-state index in [4.69, 9.17) is 0 Å². The van der Waals surface area contributed by atoms with Crippen molar-refractivity contribution < 1.29 is 9.59 Å². The van der Waals surface area contributed by atoms with Crippen molar-refractivity contribution >= 4 is 35.0 Å². The van der Waals surface area contributed by atoms with Crippen molar-refractivity contribution in [1.29, 1.82) is 0 Å². The zero-order chi connectivity index (χ0) is 18.5. The van der Waals surface area contributed by atoms with Crippen molar-refractivity contribution in [3.8, 4) is 0 Å². The van der Waals surface area contributed by atoms with Gasteiger partial charge in [0.15, 0.2) is 0 Å². The molecule has 0 radical (unpaired) electrons. The highest BCUT2D eigenvalue weighted by Gasteiger charge is 2.34. The fourth-order valence-electron chi connectivity index (χ4n) is 3.06. The monoisotopic (exact) mass is 368 g/mol. The standard InChI is InChI=1S/C21H24N2O2S/c1-3-4-11-19(24)22-17-9-6-8-16(13-17)21-23(20(25)14-26-21)18-10-5-7-15(2)12-18/h5-10,12-13,21H,3-4,11,14H2,1-2H3,(H,22,24)/t21-/m0/s1. The second-order valence-corrected chi connectivity index (χ2v) is 7.61. The average Bonchev–Trinajstić information content (AvgIpc) is 3.02. The third-order valence-corrected chi connectivity index (χ3v) is 5.57. The molecule has 3 rings (SSSR count). The number of rotatable bonds is 6. The summed E-state index contributed by atoms with van der Waals surface area (Å²) in [6, 6.07) is 15.8. The minimum absolute atomic E-state index is 0.0368. The Balaban J connectivity index is 1.82. The van der Waals surface area contributed by atoms with Gasteiger partial charge in [0.2, 0.25) is 11.8 Å². The first-order valence-electron chi connectivity index (χ1n) is 8.98. The Morgan fingerprint density at radius 3 is 2.81 bits per heavy atom. The van der Waals surface area contributed by atoms with Crippen LogP contribution >= 0.6 is 11.8 Å². The first kappa shape index (κ1) is 18.5. The number of anilines is 2. The molecule has 1 aliphatic heterocycles. The van der Waals surface area contributed by atoms with Crippen LogP contribution in [0.4, 0.5) is 11.4 Å². The summed E-state index contributed by atoms with van der Waals surface area (Å²) in [5.74, 6) is 0.615. The number of nitrogens with one attached hydrogen (secondary N) is 1. The predicted molar refractivity (Wildman–Crippen MR) is 108 cm³/mol. The quantitative estimate of drug-likeness (QED) is 0.789. The van der Waals surface area contributed by atoms with Crippen LogP contribution in [-0.2, 0) is 9.59 Å². The first-order valence-corrected chi connectivity index (χ1v) is 10.0. The molecule has 1 saturated heterocycles. The van der Waals surface area contributed by atoms with Crippen molar-refractivity contribution in [3.63, 3.8) is 0 Å². The molecule has 1 fully saturated rings. The van der Waals surface area contributed by atoms with Crippen LogP contribution in [0.5, 0.6) is 0 Å². The summed E-state index contributed by atoms with van der Waals surface area (Å²) < 4.78 is 0. The van der Waals surface area contributed by atoms with Gasteiger partial charge in [0, 0.05) is 17.8 Å². The van der Waals surface area contributed by atoms with Crippen LogP contribution < -0.4 is 10.2 Å². The third kappa shape index (κ3) is 4.28. The molecule has 26 heavy (non-hydrogen) atoms. The highest BCUT2D eigenvalue weighted by molar-refractivity contribution is 8.00.